The smallest absolute Gasteiger partial charge is 0.330 e. The number of hydrogen-bond donors (Lipinski definition) is 2. The SMILES string of the molecule is CCOC(=O)/C=C/c1cccc(C#N)c1OC[C@H](O)CNC(C)(C)CC1Cc2ccccc2C1. The van der Waals surface area contributed by atoms with Gasteiger partial charge in [-0.3, -0.25) is 0 Å². The van der Waals surface area contributed by atoms with Crippen LogP contribution in [0.1, 0.15) is 49.4 Å². The highest BCUT2D eigenvalue weighted by atomic mass is 16.5. The van der Waals surface area contributed by atoms with E-state index < -0.39 is 12.1 Å². The van der Waals surface area contributed by atoms with E-state index in [2.05, 4.69) is 49.5 Å². The number of aliphatic hydroxyl groups excluding tert-OH is 1. The van der Waals surface area contributed by atoms with Gasteiger partial charge in [-0.25, -0.2) is 4.79 Å². The van der Waals surface area contributed by atoms with Crippen LogP contribution in [0.3, 0.4) is 0 Å². The zero-order valence-electron chi connectivity index (χ0n) is 20.2. The molecule has 1 aliphatic rings. The van der Waals surface area contributed by atoms with E-state index >= 15 is 0 Å². The van der Waals surface area contributed by atoms with Crippen molar-refractivity contribution in [2.45, 2.75) is 51.7 Å². The molecule has 0 saturated carbocycles. The number of aliphatic hydroxyl groups is 1. The largest absolute Gasteiger partial charge is 0.489 e. The van der Waals surface area contributed by atoms with E-state index in [1.807, 2.05) is 0 Å². The fraction of sp³-hybridized carbons (Fsp3) is 0.429. The summed E-state index contributed by atoms with van der Waals surface area (Å²) in [5, 5.41) is 23.5. The minimum absolute atomic E-state index is 0.0247. The van der Waals surface area contributed by atoms with Crippen molar-refractivity contribution < 1.29 is 19.4 Å². The van der Waals surface area contributed by atoms with Gasteiger partial charge in [0.1, 0.15) is 24.5 Å². The molecule has 0 radical (unpaired) electrons. The molecule has 6 nitrogen and oxygen atoms in total. The first-order valence-electron chi connectivity index (χ1n) is 11.8. The Bertz CT molecular complexity index is 1030. The van der Waals surface area contributed by atoms with Crippen molar-refractivity contribution in [2.75, 3.05) is 19.8 Å². The number of esters is 1. The van der Waals surface area contributed by atoms with Crippen molar-refractivity contribution in [1.82, 2.24) is 5.32 Å². The number of hydrogen-bond acceptors (Lipinski definition) is 6. The second-order valence-corrected chi connectivity index (χ2v) is 9.40. The van der Waals surface area contributed by atoms with Gasteiger partial charge in [-0.2, -0.15) is 5.26 Å². The number of nitriles is 1. The van der Waals surface area contributed by atoms with Crippen LogP contribution in [0.4, 0.5) is 0 Å². The average molecular weight is 463 g/mol. The van der Waals surface area contributed by atoms with Gasteiger partial charge in [-0.15, -0.1) is 0 Å². The monoisotopic (exact) mass is 462 g/mol. The van der Waals surface area contributed by atoms with Crippen LogP contribution >= 0.6 is 0 Å². The summed E-state index contributed by atoms with van der Waals surface area (Å²) in [4.78, 5) is 11.7. The van der Waals surface area contributed by atoms with E-state index in [0.29, 0.717) is 29.3 Å². The first-order chi connectivity index (χ1) is 16.3. The van der Waals surface area contributed by atoms with Crippen molar-refractivity contribution >= 4 is 12.0 Å². The molecule has 6 heteroatoms. The maximum absolute atomic E-state index is 11.7. The van der Waals surface area contributed by atoms with Gasteiger partial charge < -0.3 is 19.9 Å². The number of carbonyl (C=O) groups excluding carboxylic acids is 1. The Balaban J connectivity index is 1.53. The molecule has 1 aliphatic carbocycles. The van der Waals surface area contributed by atoms with E-state index in [4.69, 9.17) is 9.47 Å². The lowest BCUT2D eigenvalue weighted by Crippen LogP contribution is -2.46. The summed E-state index contributed by atoms with van der Waals surface area (Å²) in [6.07, 6.45) is 5.31. The lowest BCUT2D eigenvalue weighted by atomic mass is 9.88. The number of fused-ring (bicyclic) bond motifs is 1. The third-order valence-corrected chi connectivity index (χ3v) is 6.02. The maximum Gasteiger partial charge on any atom is 0.330 e. The molecule has 2 N–H and O–H groups in total. The van der Waals surface area contributed by atoms with Crippen LogP contribution in [-0.2, 0) is 22.4 Å². The summed E-state index contributed by atoms with van der Waals surface area (Å²) in [5.74, 6) is 0.463. The summed E-state index contributed by atoms with van der Waals surface area (Å²) in [5.41, 5.74) is 3.67. The standard InChI is InChI=1S/C28H34N2O4/c1-4-33-26(32)13-12-21-10-7-11-24(17-29)27(21)34-19-25(31)18-30-28(2,3)16-20-14-22-8-5-6-9-23(22)15-20/h5-13,20,25,30-31H,4,14-16,18-19H2,1-3H3/b13-12+/t25-/m1/s1. The predicted octanol–water partition coefficient (Wildman–Crippen LogP) is 4.05. The Morgan fingerprint density at radius 3 is 2.59 bits per heavy atom. The van der Waals surface area contributed by atoms with Gasteiger partial charge in [0.2, 0.25) is 0 Å². The van der Waals surface area contributed by atoms with Crippen LogP contribution in [0, 0.1) is 17.2 Å². The summed E-state index contributed by atoms with van der Waals surface area (Å²) in [7, 11) is 0. The fourth-order valence-corrected chi connectivity index (χ4v) is 4.50. The first kappa shape index (κ1) is 25.5. The fourth-order valence-electron chi connectivity index (χ4n) is 4.50. The predicted molar refractivity (Wildman–Crippen MR) is 132 cm³/mol. The quantitative estimate of drug-likeness (QED) is 0.387. The highest BCUT2D eigenvalue weighted by Crippen LogP contribution is 2.32. The number of carbonyl (C=O) groups is 1. The maximum atomic E-state index is 11.7. The Morgan fingerprint density at radius 2 is 1.94 bits per heavy atom. The molecule has 0 bridgehead atoms. The molecule has 0 unspecified atom stereocenters. The van der Waals surface area contributed by atoms with Gasteiger partial charge in [-0.05, 0) is 69.2 Å². The van der Waals surface area contributed by atoms with Crippen LogP contribution in [-0.4, -0.2) is 42.5 Å². The van der Waals surface area contributed by atoms with Crippen molar-refractivity contribution in [3.63, 3.8) is 0 Å². The third kappa shape index (κ3) is 7.18. The minimum Gasteiger partial charge on any atom is -0.489 e. The molecule has 180 valence electrons. The molecule has 1 atom stereocenters. The topological polar surface area (TPSA) is 91.6 Å². The Kier molecular flexibility index (Phi) is 8.86. The zero-order valence-corrected chi connectivity index (χ0v) is 20.2. The number of para-hydroxylation sites is 1. The van der Waals surface area contributed by atoms with E-state index in [1.165, 1.54) is 17.2 Å². The normalized spacial score (nSPS) is 14.6. The van der Waals surface area contributed by atoms with Crippen molar-refractivity contribution in [1.29, 1.82) is 5.26 Å². The van der Waals surface area contributed by atoms with Crippen molar-refractivity contribution in [3.05, 3.63) is 70.8 Å². The van der Waals surface area contributed by atoms with Gasteiger partial charge in [0.15, 0.2) is 0 Å². The number of ether oxygens (including phenoxy) is 2. The van der Waals surface area contributed by atoms with Gasteiger partial charge in [0, 0.05) is 23.7 Å². The molecule has 0 aromatic heterocycles. The number of nitrogens with one attached hydrogen (secondary N) is 1. The molecule has 0 heterocycles. The Hall–Kier alpha value is -3.14. The lowest BCUT2D eigenvalue weighted by molar-refractivity contribution is -0.137. The molecular weight excluding hydrogens is 428 g/mol. The first-order valence-corrected chi connectivity index (χ1v) is 11.8. The second kappa shape index (κ2) is 11.8. The molecule has 0 saturated heterocycles. The van der Waals surface area contributed by atoms with E-state index in [-0.39, 0.29) is 18.8 Å². The number of benzene rings is 2. The van der Waals surface area contributed by atoms with Crippen LogP contribution < -0.4 is 10.1 Å². The molecular formula is C28H34N2O4. The van der Waals surface area contributed by atoms with Gasteiger partial charge >= 0.3 is 5.97 Å². The second-order valence-electron chi connectivity index (χ2n) is 9.40. The minimum atomic E-state index is -0.756. The molecule has 0 aliphatic heterocycles. The van der Waals surface area contributed by atoms with Gasteiger partial charge in [-0.1, -0.05) is 36.4 Å². The van der Waals surface area contributed by atoms with Crippen molar-refractivity contribution in [2.24, 2.45) is 5.92 Å². The van der Waals surface area contributed by atoms with E-state index in [1.54, 1.807) is 31.2 Å². The summed E-state index contributed by atoms with van der Waals surface area (Å²) >= 11 is 0. The third-order valence-electron chi connectivity index (χ3n) is 6.02. The highest BCUT2D eigenvalue weighted by molar-refractivity contribution is 5.87. The molecule has 2 aromatic rings. The zero-order chi connectivity index (χ0) is 24.6. The lowest BCUT2D eigenvalue weighted by Gasteiger charge is -2.30. The van der Waals surface area contributed by atoms with Crippen LogP contribution in [0.15, 0.2) is 48.5 Å². The summed E-state index contributed by atoms with van der Waals surface area (Å²) in [6, 6.07) is 15.8. The molecule has 3 rings (SSSR count). The van der Waals surface area contributed by atoms with Gasteiger partial charge in [0.05, 0.1) is 12.2 Å². The van der Waals surface area contributed by atoms with Crippen molar-refractivity contribution in [3.8, 4) is 11.8 Å². The number of nitrogens with zero attached hydrogens (tertiary/aromatic N) is 1. The van der Waals surface area contributed by atoms with Crippen LogP contribution in [0.2, 0.25) is 0 Å². The summed E-state index contributed by atoms with van der Waals surface area (Å²) < 4.78 is 10.7. The summed E-state index contributed by atoms with van der Waals surface area (Å²) in [6.45, 7) is 6.74. The van der Waals surface area contributed by atoms with Crippen LogP contribution in [0.5, 0.6) is 5.75 Å². The molecule has 0 fully saturated rings. The molecule has 2 aromatic carbocycles. The van der Waals surface area contributed by atoms with E-state index in [0.717, 1.165) is 19.3 Å². The average Bonchev–Trinajstić information content (AvgIpc) is 3.21. The highest BCUT2D eigenvalue weighted by Gasteiger charge is 2.28. The molecule has 0 amide bonds. The van der Waals surface area contributed by atoms with Gasteiger partial charge in [0.25, 0.3) is 0 Å². The Labute approximate surface area is 202 Å². The van der Waals surface area contributed by atoms with E-state index in [9.17, 15) is 15.2 Å². The number of rotatable bonds is 11. The number of β-amino-alcohol motifs (C(OH)–C–C–N with tert-alkyl or cyclic N) is 1. The molecule has 0 spiro atoms. The van der Waals surface area contributed by atoms with Crippen LogP contribution in [0.25, 0.3) is 6.08 Å². The Morgan fingerprint density at radius 1 is 1.24 bits per heavy atom. The molecule has 34 heavy (non-hydrogen) atoms.